The number of aliphatic hydroxyl groups is 3. The molecule has 0 aliphatic carbocycles. The van der Waals surface area contributed by atoms with Crippen LogP contribution in [0.3, 0.4) is 0 Å². The van der Waals surface area contributed by atoms with Crippen molar-refractivity contribution in [3.63, 3.8) is 0 Å². The molecule has 4 aliphatic rings. The first-order valence-electron chi connectivity index (χ1n) is 14.5. The maximum absolute atomic E-state index is 13.6. The van der Waals surface area contributed by atoms with Crippen LogP contribution in [-0.2, 0) is 5.41 Å². The predicted molar refractivity (Wildman–Crippen MR) is 158 cm³/mol. The SMILES string of the molecule is CC1(C)CCOc2c(C(=O)N[C@H]3CN4C(N)=N[C@@H](CNC(=O)c5ccc(OCCO)nn5)[C@@H]5N=C(N)N[C@@]54C3(O)O)cccc21. The van der Waals surface area contributed by atoms with Gasteiger partial charge in [0.2, 0.25) is 11.7 Å². The number of para-hydroxylation sites is 1. The topological polar surface area (TPSA) is 255 Å². The van der Waals surface area contributed by atoms with Gasteiger partial charge in [-0.3, -0.25) is 9.59 Å². The van der Waals surface area contributed by atoms with Gasteiger partial charge in [0.15, 0.2) is 23.3 Å². The van der Waals surface area contributed by atoms with Crippen LogP contribution < -0.4 is 36.9 Å². The molecule has 0 unspecified atom stereocenters. The summed E-state index contributed by atoms with van der Waals surface area (Å²) in [6.45, 7) is 4.16. The lowest BCUT2D eigenvalue weighted by Crippen LogP contribution is -2.78. The highest BCUT2D eigenvalue weighted by Crippen LogP contribution is 2.45. The summed E-state index contributed by atoms with van der Waals surface area (Å²) in [5.41, 5.74) is 11.5. The number of nitrogens with two attached hydrogens (primary N) is 2. The summed E-state index contributed by atoms with van der Waals surface area (Å²) >= 11 is 0. The number of benzene rings is 1. The van der Waals surface area contributed by atoms with Crippen molar-refractivity contribution < 1.29 is 34.4 Å². The maximum atomic E-state index is 13.6. The highest BCUT2D eigenvalue weighted by Gasteiger charge is 2.73. The van der Waals surface area contributed by atoms with Gasteiger partial charge in [0.25, 0.3) is 11.8 Å². The molecule has 1 fully saturated rings. The second-order valence-electron chi connectivity index (χ2n) is 12.0. The summed E-state index contributed by atoms with van der Waals surface area (Å²) in [6.07, 6.45) is 0.788. The number of hydrogen-bond donors (Lipinski definition) is 8. The highest BCUT2D eigenvalue weighted by molar-refractivity contribution is 5.98. The average Bonchev–Trinajstić information content (AvgIpc) is 3.48. The number of rotatable bonds is 8. The third-order valence-corrected chi connectivity index (χ3v) is 8.75. The van der Waals surface area contributed by atoms with Crippen LogP contribution in [-0.4, -0.2) is 117 Å². The number of carbonyl (C=O) groups excluding carboxylic acids is 2. The summed E-state index contributed by atoms with van der Waals surface area (Å²) in [5.74, 6) is -3.37. The van der Waals surface area contributed by atoms with Crippen LogP contribution in [0.1, 0.15) is 46.7 Å². The minimum absolute atomic E-state index is 0.0132. The Labute approximate surface area is 257 Å². The van der Waals surface area contributed by atoms with Crippen molar-refractivity contribution in [1.29, 1.82) is 0 Å². The highest BCUT2D eigenvalue weighted by atomic mass is 16.5. The number of fused-ring (bicyclic) bond motifs is 1. The Morgan fingerprint density at radius 2 is 1.96 bits per heavy atom. The fraction of sp³-hybridized carbons (Fsp3) is 0.500. The van der Waals surface area contributed by atoms with Gasteiger partial charge in [0.05, 0.1) is 24.8 Å². The summed E-state index contributed by atoms with van der Waals surface area (Å²) in [6, 6.07) is 4.96. The third-order valence-electron chi connectivity index (χ3n) is 8.75. The van der Waals surface area contributed by atoms with E-state index in [1.165, 1.54) is 17.0 Å². The van der Waals surface area contributed by atoms with Crippen LogP contribution in [0.5, 0.6) is 11.6 Å². The lowest BCUT2D eigenvalue weighted by atomic mass is 9.79. The largest absolute Gasteiger partial charge is 0.492 e. The Hall–Kier alpha value is -4.74. The molecule has 1 aromatic heterocycles. The molecule has 1 spiro atoms. The Kier molecular flexibility index (Phi) is 7.41. The summed E-state index contributed by atoms with van der Waals surface area (Å²) in [4.78, 5) is 36.8. The number of aliphatic imine (C=N–C) groups is 2. The lowest BCUT2D eigenvalue weighted by Gasteiger charge is -2.49. The first-order valence-corrected chi connectivity index (χ1v) is 14.5. The molecule has 17 heteroatoms. The number of carbonyl (C=O) groups is 2. The molecule has 240 valence electrons. The van der Waals surface area contributed by atoms with Gasteiger partial charge in [-0.2, -0.15) is 0 Å². The number of hydrogen-bond acceptors (Lipinski definition) is 15. The van der Waals surface area contributed by atoms with E-state index < -0.39 is 41.4 Å². The molecule has 1 aromatic carbocycles. The smallest absolute Gasteiger partial charge is 0.271 e. The zero-order valence-electron chi connectivity index (χ0n) is 24.7. The van der Waals surface area contributed by atoms with Crippen molar-refractivity contribution in [3.05, 3.63) is 47.2 Å². The number of nitrogens with zero attached hydrogens (tertiary/aromatic N) is 5. The zero-order valence-corrected chi connectivity index (χ0v) is 24.7. The molecule has 1 saturated heterocycles. The minimum atomic E-state index is -2.66. The molecular weight excluding hydrogens is 588 g/mol. The van der Waals surface area contributed by atoms with Gasteiger partial charge in [0.1, 0.15) is 24.4 Å². The van der Waals surface area contributed by atoms with Crippen molar-refractivity contribution in [1.82, 2.24) is 31.0 Å². The summed E-state index contributed by atoms with van der Waals surface area (Å²) < 4.78 is 11.1. The van der Waals surface area contributed by atoms with E-state index in [0.717, 1.165) is 12.0 Å². The van der Waals surface area contributed by atoms with Gasteiger partial charge in [-0.15, -0.1) is 10.2 Å². The molecule has 2 amide bonds. The summed E-state index contributed by atoms with van der Waals surface area (Å²) in [7, 11) is 0. The molecule has 45 heavy (non-hydrogen) atoms. The van der Waals surface area contributed by atoms with Crippen LogP contribution in [0.25, 0.3) is 0 Å². The number of amides is 2. The Morgan fingerprint density at radius 1 is 1.16 bits per heavy atom. The van der Waals surface area contributed by atoms with Gasteiger partial charge in [-0.05, 0) is 24.0 Å². The Bertz CT molecular complexity index is 1560. The molecule has 10 N–H and O–H groups in total. The average molecular weight is 625 g/mol. The van der Waals surface area contributed by atoms with Gasteiger partial charge >= 0.3 is 0 Å². The molecule has 0 bridgehead atoms. The molecule has 6 rings (SSSR count). The number of aliphatic hydroxyl groups excluding tert-OH is 1. The first-order chi connectivity index (χ1) is 21.4. The van der Waals surface area contributed by atoms with Gasteiger partial charge in [-0.25, -0.2) is 9.98 Å². The molecule has 4 aliphatic heterocycles. The molecule has 0 saturated carbocycles. The van der Waals surface area contributed by atoms with Crippen molar-refractivity contribution in [2.75, 3.05) is 32.9 Å². The van der Waals surface area contributed by atoms with E-state index in [0.29, 0.717) is 12.4 Å². The van der Waals surface area contributed by atoms with E-state index in [-0.39, 0.29) is 60.8 Å². The Balaban J connectivity index is 1.21. The van der Waals surface area contributed by atoms with Crippen molar-refractivity contribution in [2.24, 2.45) is 21.5 Å². The van der Waals surface area contributed by atoms with E-state index in [2.05, 4.69) is 50.0 Å². The van der Waals surface area contributed by atoms with Crippen LogP contribution in [0, 0.1) is 0 Å². The number of aromatic nitrogens is 2. The fourth-order valence-corrected chi connectivity index (χ4v) is 6.39. The molecule has 0 radical (unpaired) electrons. The van der Waals surface area contributed by atoms with Crippen LogP contribution in [0.15, 0.2) is 40.3 Å². The van der Waals surface area contributed by atoms with E-state index >= 15 is 0 Å². The van der Waals surface area contributed by atoms with Gasteiger partial charge < -0.3 is 57.1 Å². The quantitative estimate of drug-likeness (QED) is 0.137. The second kappa shape index (κ2) is 11.0. The third kappa shape index (κ3) is 4.92. The Morgan fingerprint density at radius 3 is 2.69 bits per heavy atom. The fourth-order valence-electron chi connectivity index (χ4n) is 6.39. The van der Waals surface area contributed by atoms with Crippen molar-refractivity contribution in [3.8, 4) is 11.6 Å². The van der Waals surface area contributed by atoms with Crippen molar-refractivity contribution >= 4 is 23.7 Å². The van der Waals surface area contributed by atoms with Gasteiger partial charge in [-0.1, -0.05) is 26.0 Å². The monoisotopic (exact) mass is 624 g/mol. The maximum Gasteiger partial charge on any atom is 0.271 e. The molecule has 2 aromatic rings. The van der Waals surface area contributed by atoms with E-state index in [1.54, 1.807) is 12.1 Å². The number of guanidine groups is 2. The predicted octanol–water partition coefficient (Wildman–Crippen LogP) is -2.89. The molecule has 4 atom stereocenters. The summed E-state index contributed by atoms with van der Waals surface area (Å²) in [5, 5.41) is 48.3. The van der Waals surface area contributed by atoms with Crippen molar-refractivity contribution in [2.45, 2.75) is 55.3 Å². The lowest BCUT2D eigenvalue weighted by molar-refractivity contribution is -0.230. The van der Waals surface area contributed by atoms with E-state index in [1.807, 2.05) is 6.07 Å². The van der Waals surface area contributed by atoms with Gasteiger partial charge in [0, 0.05) is 24.7 Å². The first kappa shape index (κ1) is 30.3. The molecular formula is C28H36N10O7. The number of ether oxygens (including phenoxy) is 2. The minimum Gasteiger partial charge on any atom is -0.492 e. The normalized spacial score (nSPS) is 27.0. The standard InChI is InChI=1S/C28H36N10O7/c1-26(2)8-10-45-20-14(4-3-5-15(20)26)22(40)33-18-13-38-25(30)32-17(21-27(38,28(18,42)43)35-24(29)34-21)12-31-23(41)16-6-7-19(37-36-16)44-11-9-39/h3-7,17-18,21,39,42-43H,8-13H2,1-2H3,(H2,30,32)(H,31,41)(H,33,40)(H3,29,34,35)/t17-,18-,21-,27-/m0/s1. The number of nitrogens with one attached hydrogen (secondary N) is 3. The van der Waals surface area contributed by atoms with E-state index in [4.69, 9.17) is 26.0 Å². The van der Waals surface area contributed by atoms with Crippen LogP contribution >= 0.6 is 0 Å². The second-order valence-corrected chi connectivity index (χ2v) is 12.0. The zero-order chi connectivity index (χ0) is 32.1. The van der Waals surface area contributed by atoms with E-state index in [9.17, 15) is 19.8 Å². The molecule has 5 heterocycles. The molecule has 17 nitrogen and oxygen atoms in total. The van der Waals surface area contributed by atoms with Crippen LogP contribution in [0.4, 0.5) is 0 Å². The van der Waals surface area contributed by atoms with Crippen LogP contribution in [0.2, 0.25) is 0 Å².